The van der Waals surface area contributed by atoms with Crippen molar-refractivity contribution >= 4 is 22.8 Å². The van der Waals surface area contributed by atoms with Crippen molar-refractivity contribution in [1.82, 2.24) is 19.7 Å². The second-order valence-corrected chi connectivity index (χ2v) is 5.29. The van der Waals surface area contributed by atoms with Crippen LogP contribution in [0.4, 0.5) is 0 Å². The van der Waals surface area contributed by atoms with E-state index in [1.807, 2.05) is 38.2 Å². The Hall–Kier alpha value is -1.79. The zero-order chi connectivity index (χ0) is 13.4. The molecule has 2 aromatic heterocycles. The van der Waals surface area contributed by atoms with Crippen LogP contribution in [0.5, 0.6) is 0 Å². The highest BCUT2D eigenvalue weighted by Gasteiger charge is 2.15. The van der Waals surface area contributed by atoms with Gasteiger partial charge in [0.15, 0.2) is 5.16 Å². The number of nitrogens with one attached hydrogen (secondary N) is 1. The summed E-state index contributed by atoms with van der Waals surface area (Å²) in [6, 6.07) is 7.90. The smallest absolute Gasteiger partial charge is 0.172 e. The van der Waals surface area contributed by atoms with E-state index in [-0.39, 0.29) is 6.61 Å². The minimum atomic E-state index is -0.0117. The Morgan fingerprint density at radius 3 is 2.89 bits per heavy atom. The predicted octanol–water partition coefficient (Wildman–Crippen LogP) is 2.25. The summed E-state index contributed by atoms with van der Waals surface area (Å²) in [6.45, 7) is 1.89. The van der Waals surface area contributed by atoms with E-state index in [4.69, 9.17) is 0 Å². The van der Waals surface area contributed by atoms with Gasteiger partial charge in [0.2, 0.25) is 0 Å². The fraction of sp³-hybridized carbons (Fsp3) is 0.231. The van der Waals surface area contributed by atoms with Gasteiger partial charge in [0, 0.05) is 12.6 Å². The molecule has 0 unspecified atom stereocenters. The number of rotatable bonds is 3. The van der Waals surface area contributed by atoms with E-state index in [2.05, 4.69) is 15.1 Å². The van der Waals surface area contributed by atoms with Crippen molar-refractivity contribution in [3.8, 4) is 0 Å². The fourth-order valence-electron chi connectivity index (χ4n) is 2.06. The van der Waals surface area contributed by atoms with Crippen LogP contribution in [0.1, 0.15) is 11.3 Å². The minimum Gasteiger partial charge on any atom is -0.392 e. The third-order valence-corrected chi connectivity index (χ3v) is 4.10. The number of para-hydroxylation sites is 2. The lowest BCUT2D eigenvalue weighted by Crippen LogP contribution is -1.94. The maximum Gasteiger partial charge on any atom is 0.172 e. The molecule has 0 radical (unpaired) electrons. The Morgan fingerprint density at radius 2 is 2.16 bits per heavy atom. The summed E-state index contributed by atoms with van der Waals surface area (Å²) in [4.78, 5) is 7.78. The molecule has 1 aromatic carbocycles. The monoisotopic (exact) mass is 274 g/mol. The highest BCUT2D eigenvalue weighted by atomic mass is 32.2. The quantitative estimate of drug-likeness (QED) is 0.768. The average molecular weight is 274 g/mol. The van der Waals surface area contributed by atoms with Crippen LogP contribution in [-0.2, 0) is 13.7 Å². The normalized spacial score (nSPS) is 11.3. The summed E-state index contributed by atoms with van der Waals surface area (Å²) in [6.07, 6.45) is 0. The average Bonchev–Trinajstić information content (AvgIpc) is 2.91. The van der Waals surface area contributed by atoms with E-state index < -0.39 is 0 Å². The standard InChI is InChI=1S/C13H14N4OS/c1-8-9(7-18)12(17(2)16-8)19-13-14-10-5-3-4-6-11(10)15-13/h3-6,18H,7H2,1-2H3,(H,14,15). The highest BCUT2D eigenvalue weighted by molar-refractivity contribution is 7.99. The molecule has 19 heavy (non-hydrogen) atoms. The van der Waals surface area contributed by atoms with E-state index in [0.717, 1.165) is 32.5 Å². The topological polar surface area (TPSA) is 66.7 Å². The van der Waals surface area contributed by atoms with Crippen molar-refractivity contribution in [1.29, 1.82) is 0 Å². The van der Waals surface area contributed by atoms with Crippen molar-refractivity contribution < 1.29 is 5.11 Å². The summed E-state index contributed by atoms with van der Waals surface area (Å²) >= 11 is 1.49. The molecule has 2 heterocycles. The van der Waals surface area contributed by atoms with Crippen molar-refractivity contribution in [2.45, 2.75) is 23.7 Å². The van der Waals surface area contributed by atoms with Crippen LogP contribution in [0.15, 0.2) is 34.4 Å². The summed E-state index contributed by atoms with van der Waals surface area (Å²) in [5.41, 5.74) is 3.65. The Balaban J connectivity index is 2.01. The number of aromatic nitrogens is 4. The van der Waals surface area contributed by atoms with Gasteiger partial charge in [-0.05, 0) is 30.8 Å². The maximum atomic E-state index is 9.43. The lowest BCUT2D eigenvalue weighted by Gasteiger charge is -2.01. The van der Waals surface area contributed by atoms with Crippen LogP contribution in [0, 0.1) is 6.92 Å². The molecule has 0 atom stereocenters. The predicted molar refractivity (Wildman–Crippen MR) is 74.1 cm³/mol. The molecule has 0 aliphatic heterocycles. The molecule has 3 aromatic rings. The Kier molecular flexibility index (Phi) is 3.04. The maximum absolute atomic E-state index is 9.43. The van der Waals surface area contributed by atoms with Crippen LogP contribution in [0.25, 0.3) is 11.0 Å². The molecule has 98 valence electrons. The number of hydrogen-bond acceptors (Lipinski definition) is 4. The van der Waals surface area contributed by atoms with E-state index in [0.29, 0.717) is 0 Å². The Morgan fingerprint density at radius 1 is 1.37 bits per heavy atom. The van der Waals surface area contributed by atoms with Crippen LogP contribution < -0.4 is 0 Å². The van der Waals surface area contributed by atoms with Gasteiger partial charge in [-0.3, -0.25) is 4.68 Å². The van der Waals surface area contributed by atoms with Gasteiger partial charge < -0.3 is 10.1 Å². The third kappa shape index (κ3) is 2.13. The van der Waals surface area contributed by atoms with Gasteiger partial charge in [-0.2, -0.15) is 5.10 Å². The molecular formula is C13H14N4OS. The number of hydrogen-bond donors (Lipinski definition) is 2. The van der Waals surface area contributed by atoms with Crippen LogP contribution in [-0.4, -0.2) is 24.9 Å². The molecule has 2 N–H and O–H groups in total. The molecular weight excluding hydrogens is 260 g/mol. The number of aliphatic hydroxyl groups is 1. The van der Waals surface area contributed by atoms with E-state index >= 15 is 0 Å². The Bertz CT molecular complexity index is 698. The van der Waals surface area contributed by atoms with Gasteiger partial charge in [-0.25, -0.2) is 4.98 Å². The SMILES string of the molecule is Cc1nn(C)c(Sc2nc3ccccc3[nH]2)c1CO. The number of H-pyrrole nitrogens is 1. The zero-order valence-electron chi connectivity index (χ0n) is 10.7. The van der Waals surface area contributed by atoms with Crippen molar-refractivity contribution in [2.75, 3.05) is 0 Å². The van der Waals surface area contributed by atoms with Gasteiger partial charge >= 0.3 is 0 Å². The van der Waals surface area contributed by atoms with E-state index in [9.17, 15) is 5.11 Å². The molecule has 0 spiro atoms. The van der Waals surface area contributed by atoms with E-state index in [1.54, 1.807) is 4.68 Å². The molecule has 0 aliphatic rings. The number of fused-ring (bicyclic) bond motifs is 1. The molecule has 0 saturated heterocycles. The second kappa shape index (κ2) is 4.71. The van der Waals surface area contributed by atoms with Crippen LogP contribution >= 0.6 is 11.8 Å². The summed E-state index contributed by atoms with van der Waals surface area (Å²) in [7, 11) is 1.87. The fourth-order valence-corrected chi connectivity index (χ4v) is 3.06. The first-order valence-corrected chi connectivity index (χ1v) is 6.76. The lowest BCUT2D eigenvalue weighted by atomic mass is 10.3. The van der Waals surface area contributed by atoms with E-state index in [1.165, 1.54) is 11.8 Å². The molecule has 0 aliphatic carbocycles. The van der Waals surface area contributed by atoms with Gasteiger partial charge in [0.05, 0.1) is 23.3 Å². The highest BCUT2D eigenvalue weighted by Crippen LogP contribution is 2.31. The first-order chi connectivity index (χ1) is 9.19. The second-order valence-electron chi connectivity index (χ2n) is 4.31. The minimum absolute atomic E-state index is 0.0117. The van der Waals surface area contributed by atoms with Gasteiger partial charge in [-0.15, -0.1) is 0 Å². The molecule has 6 heteroatoms. The van der Waals surface area contributed by atoms with Gasteiger partial charge in [-0.1, -0.05) is 12.1 Å². The summed E-state index contributed by atoms with van der Waals surface area (Å²) in [5.74, 6) is 0. The first-order valence-electron chi connectivity index (χ1n) is 5.95. The van der Waals surface area contributed by atoms with Crippen LogP contribution in [0.2, 0.25) is 0 Å². The molecule has 0 amide bonds. The molecule has 0 saturated carbocycles. The number of aryl methyl sites for hydroxylation is 2. The number of aliphatic hydroxyl groups excluding tert-OH is 1. The number of nitrogens with zero attached hydrogens (tertiary/aromatic N) is 3. The van der Waals surface area contributed by atoms with Crippen molar-refractivity contribution in [2.24, 2.45) is 7.05 Å². The molecule has 0 fully saturated rings. The molecule has 5 nitrogen and oxygen atoms in total. The number of imidazole rings is 1. The largest absolute Gasteiger partial charge is 0.392 e. The van der Waals surface area contributed by atoms with Gasteiger partial charge in [0.1, 0.15) is 5.03 Å². The van der Waals surface area contributed by atoms with Crippen LogP contribution in [0.3, 0.4) is 0 Å². The zero-order valence-corrected chi connectivity index (χ0v) is 11.5. The summed E-state index contributed by atoms with van der Waals surface area (Å²) < 4.78 is 1.78. The number of aromatic amines is 1. The Labute approximate surface area is 114 Å². The third-order valence-electron chi connectivity index (χ3n) is 3.01. The lowest BCUT2D eigenvalue weighted by molar-refractivity contribution is 0.277. The number of benzene rings is 1. The van der Waals surface area contributed by atoms with Gasteiger partial charge in [0.25, 0.3) is 0 Å². The van der Waals surface area contributed by atoms with Crippen molar-refractivity contribution in [3.05, 3.63) is 35.5 Å². The molecule has 0 bridgehead atoms. The summed E-state index contributed by atoms with van der Waals surface area (Å²) in [5, 5.41) is 15.5. The first kappa shape index (κ1) is 12.3. The van der Waals surface area contributed by atoms with Crippen molar-refractivity contribution in [3.63, 3.8) is 0 Å². The molecule has 3 rings (SSSR count).